The van der Waals surface area contributed by atoms with E-state index < -0.39 is 11.9 Å². The fourth-order valence-corrected chi connectivity index (χ4v) is 6.31. The number of hydrogen-bond donors (Lipinski definition) is 1. The van der Waals surface area contributed by atoms with E-state index in [9.17, 15) is 19.1 Å². The highest BCUT2D eigenvalue weighted by atomic mass is 35.5. The van der Waals surface area contributed by atoms with Gasteiger partial charge < -0.3 is 9.67 Å². The van der Waals surface area contributed by atoms with Gasteiger partial charge in [0.25, 0.3) is 5.56 Å². The van der Waals surface area contributed by atoms with Gasteiger partial charge in [-0.15, -0.1) is 5.10 Å². The van der Waals surface area contributed by atoms with Gasteiger partial charge in [-0.3, -0.25) is 4.79 Å². The Balaban J connectivity index is 1.26. The SMILES string of the molecule is Cc1ccc(C2=C(Cl)N=C(C3C4CC4c4cc(-c5cc(Cl)ccc5-n5cc(C(=O)O)nn5)cc(=O)n43)C2)c(F)n1. The van der Waals surface area contributed by atoms with E-state index in [0.29, 0.717) is 45.1 Å². The topological polar surface area (TPSA) is 115 Å². The molecule has 40 heavy (non-hydrogen) atoms. The third-order valence-electron chi connectivity index (χ3n) is 7.73. The largest absolute Gasteiger partial charge is 0.476 e. The molecule has 1 aromatic carbocycles. The third-order valence-corrected chi connectivity index (χ3v) is 8.28. The minimum absolute atomic E-state index is 0.175. The molecule has 12 heteroatoms. The van der Waals surface area contributed by atoms with Crippen molar-refractivity contribution in [1.82, 2.24) is 24.5 Å². The van der Waals surface area contributed by atoms with E-state index >= 15 is 0 Å². The Hall–Kier alpha value is -4.15. The predicted octanol–water partition coefficient (Wildman–Crippen LogP) is 5.40. The summed E-state index contributed by atoms with van der Waals surface area (Å²) < 4.78 is 17.8. The van der Waals surface area contributed by atoms with Gasteiger partial charge in [0.15, 0.2) is 5.69 Å². The number of aliphatic imine (C=N–C) groups is 1. The molecule has 1 N–H and O–H groups in total. The van der Waals surface area contributed by atoms with Crippen LogP contribution in [0.3, 0.4) is 0 Å². The average molecular weight is 577 g/mol. The molecule has 200 valence electrons. The highest BCUT2D eigenvalue weighted by Gasteiger charge is 2.55. The molecule has 1 aliphatic carbocycles. The minimum Gasteiger partial charge on any atom is -0.476 e. The van der Waals surface area contributed by atoms with E-state index in [2.05, 4.69) is 20.3 Å². The summed E-state index contributed by atoms with van der Waals surface area (Å²) in [6.07, 6.45) is 2.54. The summed E-state index contributed by atoms with van der Waals surface area (Å²) in [5.74, 6) is -1.42. The van der Waals surface area contributed by atoms with Crippen LogP contribution in [0.1, 0.15) is 52.2 Å². The number of carboxylic acids is 1. The highest BCUT2D eigenvalue weighted by molar-refractivity contribution is 6.35. The van der Waals surface area contributed by atoms with Crippen molar-refractivity contribution in [3.05, 3.63) is 97.8 Å². The molecular formula is C28H19Cl2FN6O3. The van der Waals surface area contributed by atoms with Crippen molar-refractivity contribution in [3.63, 3.8) is 0 Å². The fourth-order valence-electron chi connectivity index (χ4n) is 5.86. The normalized spacial score (nSPS) is 20.9. The molecule has 3 aliphatic rings. The third kappa shape index (κ3) is 3.89. The summed E-state index contributed by atoms with van der Waals surface area (Å²) >= 11 is 12.8. The van der Waals surface area contributed by atoms with Crippen LogP contribution in [0.4, 0.5) is 4.39 Å². The van der Waals surface area contributed by atoms with Crippen LogP contribution >= 0.6 is 23.2 Å². The van der Waals surface area contributed by atoms with Crippen molar-refractivity contribution in [1.29, 1.82) is 0 Å². The van der Waals surface area contributed by atoms with Crippen LogP contribution in [0.2, 0.25) is 5.02 Å². The number of aromatic carboxylic acids is 1. The summed E-state index contributed by atoms with van der Waals surface area (Å²) in [7, 11) is 0. The lowest BCUT2D eigenvalue weighted by Gasteiger charge is -2.20. The van der Waals surface area contributed by atoms with Gasteiger partial charge in [-0.05, 0) is 61.2 Å². The van der Waals surface area contributed by atoms with E-state index in [-0.39, 0.29) is 34.3 Å². The fraction of sp³-hybridized carbons (Fsp3) is 0.214. The molecule has 3 atom stereocenters. The number of benzene rings is 1. The Morgan fingerprint density at radius 3 is 2.70 bits per heavy atom. The number of carboxylic acid groups (broad SMARTS) is 1. The second-order valence-electron chi connectivity index (χ2n) is 10.2. The van der Waals surface area contributed by atoms with E-state index in [4.69, 9.17) is 23.2 Å². The standard InChI is InChI=1S/C28H19Cl2FN6O3/c1-12-2-4-15(27(31)32-12)19-10-20(33-26(19)30)25-18-9-17(18)23-6-13(7-24(38)37(23)25)16-8-14(29)3-5-22(16)36-11-21(28(39)40)34-35-36/h2-8,11,17-18,25H,9-10H2,1H3,(H,39,40). The van der Waals surface area contributed by atoms with Crippen LogP contribution in [-0.4, -0.2) is 41.3 Å². The van der Waals surface area contributed by atoms with Crippen LogP contribution in [0, 0.1) is 18.8 Å². The average Bonchev–Trinajstić information content (AvgIpc) is 3.21. The molecule has 0 saturated heterocycles. The first-order valence-corrected chi connectivity index (χ1v) is 13.3. The molecule has 4 aromatic rings. The van der Waals surface area contributed by atoms with E-state index in [1.807, 2.05) is 6.07 Å². The summed E-state index contributed by atoms with van der Waals surface area (Å²) in [4.78, 5) is 33.5. The van der Waals surface area contributed by atoms with Crippen LogP contribution in [0.15, 0.2) is 63.6 Å². The lowest BCUT2D eigenvalue weighted by molar-refractivity contribution is 0.0690. The highest BCUT2D eigenvalue weighted by Crippen LogP contribution is 2.60. The first-order valence-electron chi connectivity index (χ1n) is 12.5. The predicted molar refractivity (Wildman–Crippen MR) is 147 cm³/mol. The monoisotopic (exact) mass is 576 g/mol. The van der Waals surface area contributed by atoms with E-state index in [1.54, 1.807) is 41.8 Å². The first kappa shape index (κ1) is 24.9. The molecule has 9 nitrogen and oxygen atoms in total. The van der Waals surface area contributed by atoms with Crippen LogP contribution in [0.5, 0.6) is 0 Å². The Labute approximate surface area is 236 Å². The molecule has 5 heterocycles. The number of carbonyl (C=O) groups is 1. The molecule has 7 rings (SSSR count). The minimum atomic E-state index is -1.20. The molecule has 0 amide bonds. The maximum atomic E-state index is 14.6. The van der Waals surface area contributed by atoms with Crippen molar-refractivity contribution < 1.29 is 14.3 Å². The van der Waals surface area contributed by atoms with Crippen molar-refractivity contribution >= 4 is 40.5 Å². The molecule has 2 aliphatic heterocycles. The molecular weight excluding hydrogens is 558 g/mol. The number of halogens is 3. The molecule has 3 unspecified atom stereocenters. The molecule has 1 fully saturated rings. The molecule has 1 saturated carbocycles. The number of fused-ring (bicyclic) bond motifs is 3. The molecule has 0 bridgehead atoms. The van der Waals surface area contributed by atoms with E-state index in [0.717, 1.165) is 17.8 Å². The summed E-state index contributed by atoms with van der Waals surface area (Å²) in [6.45, 7) is 1.72. The molecule has 3 aromatic heterocycles. The number of pyridine rings is 2. The Bertz CT molecular complexity index is 1900. The van der Waals surface area contributed by atoms with Gasteiger partial charge in [0.2, 0.25) is 5.95 Å². The van der Waals surface area contributed by atoms with Gasteiger partial charge in [0.1, 0.15) is 5.16 Å². The smallest absolute Gasteiger partial charge is 0.358 e. The maximum absolute atomic E-state index is 14.6. The van der Waals surface area contributed by atoms with Crippen molar-refractivity contribution in [2.45, 2.75) is 31.7 Å². The van der Waals surface area contributed by atoms with Crippen molar-refractivity contribution in [2.24, 2.45) is 10.9 Å². The van der Waals surface area contributed by atoms with Gasteiger partial charge in [0.05, 0.1) is 17.9 Å². The van der Waals surface area contributed by atoms with Crippen LogP contribution < -0.4 is 5.56 Å². The van der Waals surface area contributed by atoms with Gasteiger partial charge in [-0.2, -0.15) is 4.39 Å². The number of aryl methyl sites for hydroxylation is 1. The van der Waals surface area contributed by atoms with Crippen LogP contribution in [-0.2, 0) is 0 Å². The molecule has 0 spiro atoms. The lowest BCUT2D eigenvalue weighted by Crippen LogP contribution is -2.29. The Kier molecular flexibility index (Phi) is 5.55. The molecule has 0 radical (unpaired) electrons. The summed E-state index contributed by atoms with van der Waals surface area (Å²) in [6, 6.07) is 11.7. The maximum Gasteiger partial charge on any atom is 0.358 e. The number of allylic oxidation sites excluding steroid dienone is 1. The summed E-state index contributed by atoms with van der Waals surface area (Å²) in [5.41, 5.74) is 4.42. The zero-order valence-corrected chi connectivity index (χ0v) is 22.4. The Morgan fingerprint density at radius 1 is 1.12 bits per heavy atom. The van der Waals surface area contributed by atoms with Crippen molar-refractivity contribution in [2.75, 3.05) is 0 Å². The lowest BCUT2D eigenvalue weighted by atomic mass is 9.98. The number of rotatable bonds is 5. The van der Waals surface area contributed by atoms with Gasteiger partial charge in [-0.25, -0.2) is 19.5 Å². The first-order chi connectivity index (χ1) is 19.2. The van der Waals surface area contributed by atoms with Crippen molar-refractivity contribution in [3.8, 4) is 16.8 Å². The Morgan fingerprint density at radius 2 is 1.95 bits per heavy atom. The van der Waals surface area contributed by atoms with Crippen LogP contribution in [0.25, 0.3) is 22.4 Å². The number of hydrogen-bond acceptors (Lipinski definition) is 6. The second kappa shape index (κ2) is 8.94. The number of nitrogens with zero attached hydrogens (tertiary/aromatic N) is 6. The van der Waals surface area contributed by atoms with Gasteiger partial charge in [-0.1, -0.05) is 28.4 Å². The summed E-state index contributed by atoms with van der Waals surface area (Å²) in [5, 5.41) is 17.6. The number of aromatic nitrogens is 5. The van der Waals surface area contributed by atoms with Gasteiger partial charge in [0, 0.05) is 57.2 Å². The van der Waals surface area contributed by atoms with E-state index in [1.165, 1.54) is 16.9 Å². The van der Waals surface area contributed by atoms with Gasteiger partial charge >= 0.3 is 5.97 Å². The second-order valence-corrected chi connectivity index (χ2v) is 11.0. The quantitative estimate of drug-likeness (QED) is 0.251. The zero-order valence-electron chi connectivity index (χ0n) is 20.8. The zero-order chi connectivity index (χ0) is 27.9.